The molecular weight excluding hydrogens is 380 g/mol. The lowest BCUT2D eigenvalue weighted by molar-refractivity contribution is -0.134. The molecule has 1 amide bonds. The fraction of sp³-hybridized carbons (Fsp3) is 0.450. The highest BCUT2D eigenvalue weighted by molar-refractivity contribution is 5.89. The third-order valence-electron chi connectivity index (χ3n) is 3.86. The van der Waals surface area contributed by atoms with Gasteiger partial charge in [-0.05, 0) is 38.4 Å². The normalized spacial score (nSPS) is 14.6. The predicted octanol–water partition coefficient (Wildman–Crippen LogP) is 2.83. The number of amides is 1. The van der Waals surface area contributed by atoms with E-state index >= 15 is 0 Å². The van der Waals surface area contributed by atoms with Gasteiger partial charge in [-0.25, -0.2) is 14.4 Å². The van der Waals surface area contributed by atoms with Gasteiger partial charge >= 0.3 is 18.0 Å². The Bertz CT molecular complexity index is 682. The standard InChI is InChI=1S/C16H24N2O3.C4H4O4/c1-3-11-20-15-6-4-5-13(12-15)17-16(19)21-14-7-9-18(2)10-8-14;5-3(6)1-2-4(7)8/h4-6,12,14H,3,7-11H2,1-2H3,(H,17,19);1-2H,(H,5,6)(H,7,8)/b;2-1+. The molecule has 1 saturated heterocycles. The number of carbonyl (C=O) groups is 3. The van der Waals surface area contributed by atoms with Crippen molar-refractivity contribution >= 4 is 23.7 Å². The number of hydrogen-bond acceptors (Lipinski definition) is 6. The van der Waals surface area contributed by atoms with Gasteiger partial charge < -0.3 is 24.6 Å². The average molecular weight is 408 g/mol. The number of likely N-dealkylation sites (tertiary alicyclic amines) is 1. The monoisotopic (exact) mass is 408 g/mol. The van der Waals surface area contributed by atoms with Crippen molar-refractivity contribution in [3.63, 3.8) is 0 Å². The largest absolute Gasteiger partial charge is 0.494 e. The minimum atomic E-state index is -1.26. The Kier molecular flexibility index (Phi) is 10.9. The van der Waals surface area contributed by atoms with E-state index in [0.717, 1.165) is 38.1 Å². The Morgan fingerprint density at radius 3 is 2.34 bits per heavy atom. The number of piperidine rings is 1. The predicted molar refractivity (Wildman–Crippen MR) is 107 cm³/mol. The van der Waals surface area contributed by atoms with Gasteiger partial charge in [0.2, 0.25) is 0 Å². The van der Waals surface area contributed by atoms with Crippen LogP contribution in [0.1, 0.15) is 26.2 Å². The molecule has 0 aliphatic carbocycles. The second kappa shape index (κ2) is 13.2. The van der Waals surface area contributed by atoms with Gasteiger partial charge in [-0.2, -0.15) is 0 Å². The van der Waals surface area contributed by atoms with Crippen molar-refractivity contribution < 1.29 is 34.1 Å². The fourth-order valence-corrected chi connectivity index (χ4v) is 2.43. The molecular formula is C20H28N2O7. The Balaban J connectivity index is 0.000000447. The molecule has 1 aromatic rings. The third kappa shape index (κ3) is 11.4. The Labute approximate surface area is 169 Å². The Morgan fingerprint density at radius 2 is 1.79 bits per heavy atom. The van der Waals surface area contributed by atoms with Crippen molar-refractivity contribution in [3.05, 3.63) is 36.4 Å². The molecule has 0 bridgehead atoms. The highest BCUT2D eigenvalue weighted by atomic mass is 16.6. The molecule has 0 atom stereocenters. The van der Waals surface area contributed by atoms with Crippen molar-refractivity contribution in [1.29, 1.82) is 0 Å². The van der Waals surface area contributed by atoms with Crippen LogP contribution < -0.4 is 10.1 Å². The zero-order valence-electron chi connectivity index (χ0n) is 16.7. The molecule has 1 heterocycles. The second-order valence-electron chi connectivity index (χ2n) is 6.42. The lowest BCUT2D eigenvalue weighted by Crippen LogP contribution is -2.36. The van der Waals surface area contributed by atoms with E-state index in [1.54, 1.807) is 0 Å². The lowest BCUT2D eigenvalue weighted by atomic mass is 10.1. The molecule has 160 valence electrons. The topological polar surface area (TPSA) is 125 Å². The highest BCUT2D eigenvalue weighted by Gasteiger charge is 2.20. The van der Waals surface area contributed by atoms with Crippen LogP contribution in [0.3, 0.4) is 0 Å². The van der Waals surface area contributed by atoms with Gasteiger partial charge in [0.25, 0.3) is 0 Å². The first kappa shape index (κ1) is 24.0. The van der Waals surface area contributed by atoms with E-state index in [1.165, 1.54) is 0 Å². The number of hydrogen-bond donors (Lipinski definition) is 3. The Morgan fingerprint density at radius 1 is 1.17 bits per heavy atom. The molecule has 1 aliphatic rings. The van der Waals surface area contributed by atoms with Crippen LogP contribution in [0.2, 0.25) is 0 Å². The summed E-state index contributed by atoms with van der Waals surface area (Å²) in [6.45, 7) is 4.67. The van der Waals surface area contributed by atoms with Crippen LogP contribution in [0.5, 0.6) is 5.75 Å². The first-order valence-corrected chi connectivity index (χ1v) is 9.33. The summed E-state index contributed by atoms with van der Waals surface area (Å²) in [7, 11) is 2.08. The molecule has 2 rings (SSSR count). The van der Waals surface area contributed by atoms with Crippen LogP contribution in [0.4, 0.5) is 10.5 Å². The molecule has 9 heteroatoms. The molecule has 0 saturated carbocycles. The first-order valence-electron chi connectivity index (χ1n) is 9.33. The van der Waals surface area contributed by atoms with Crippen molar-refractivity contribution in [1.82, 2.24) is 4.90 Å². The van der Waals surface area contributed by atoms with Crippen molar-refractivity contribution in [3.8, 4) is 5.75 Å². The van der Waals surface area contributed by atoms with E-state index in [4.69, 9.17) is 19.7 Å². The van der Waals surface area contributed by atoms with Crippen LogP contribution in [0.25, 0.3) is 0 Å². The van der Waals surface area contributed by atoms with Gasteiger partial charge in [-0.1, -0.05) is 13.0 Å². The average Bonchev–Trinajstić information content (AvgIpc) is 2.67. The van der Waals surface area contributed by atoms with E-state index < -0.39 is 18.0 Å². The van der Waals surface area contributed by atoms with Crippen molar-refractivity contribution in [2.24, 2.45) is 0 Å². The minimum Gasteiger partial charge on any atom is -0.494 e. The fourth-order valence-electron chi connectivity index (χ4n) is 2.43. The van der Waals surface area contributed by atoms with Gasteiger partial charge in [-0.15, -0.1) is 0 Å². The maximum absolute atomic E-state index is 11.9. The van der Waals surface area contributed by atoms with Crippen LogP contribution in [-0.4, -0.2) is 66.0 Å². The summed E-state index contributed by atoms with van der Waals surface area (Å²) in [5.74, 6) is -1.76. The molecule has 0 aromatic heterocycles. The van der Waals surface area contributed by atoms with E-state index in [1.807, 2.05) is 24.3 Å². The summed E-state index contributed by atoms with van der Waals surface area (Å²) in [5.41, 5.74) is 0.696. The maximum atomic E-state index is 11.9. The first-order chi connectivity index (χ1) is 13.8. The molecule has 29 heavy (non-hydrogen) atoms. The van der Waals surface area contributed by atoms with Crippen LogP contribution in [-0.2, 0) is 14.3 Å². The summed E-state index contributed by atoms with van der Waals surface area (Å²) in [6, 6.07) is 7.37. The Hall–Kier alpha value is -3.07. The van der Waals surface area contributed by atoms with Crippen LogP contribution in [0.15, 0.2) is 36.4 Å². The van der Waals surface area contributed by atoms with E-state index in [0.29, 0.717) is 24.4 Å². The second-order valence-corrected chi connectivity index (χ2v) is 6.42. The number of carbonyl (C=O) groups excluding carboxylic acids is 1. The number of anilines is 1. The maximum Gasteiger partial charge on any atom is 0.411 e. The van der Waals surface area contributed by atoms with Crippen molar-refractivity contribution in [2.75, 3.05) is 32.1 Å². The number of aliphatic carboxylic acids is 2. The summed E-state index contributed by atoms with van der Waals surface area (Å²) in [6.07, 6.45) is 3.48. The number of nitrogens with zero attached hydrogens (tertiary/aromatic N) is 1. The molecule has 0 spiro atoms. The molecule has 1 aromatic carbocycles. The van der Waals surface area contributed by atoms with Gasteiger partial charge in [0.1, 0.15) is 11.9 Å². The summed E-state index contributed by atoms with van der Waals surface area (Å²) < 4.78 is 11.0. The minimum absolute atomic E-state index is 0.0146. The number of rotatable bonds is 7. The van der Waals surface area contributed by atoms with Gasteiger partial charge in [0.05, 0.1) is 6.61 Å². The summed E-state index contributed by atoms with van der Waals surface area (Å²) >= 11 is 0. The number of ether oxygens (including phenoxy) is 2. The highest BCUT2D eigenvalue weighted by Crippen LogP contribution is 2.19. The number of carboxylic acid groups (broad SMARTS) is 2. The zero-order valence-corrected chi connectivity index (χ0v) is 16.7. The van der Waals surface area contributed by atoms with E-state index in [9.17, 15) is 14.4 Å². The molecule has 9 nitrogen and oxygen atoms in total. The SMILES string of the molecule is CCCOc1cccc(NC(=O)OC2CCN(C)CC2)c1.O=C(O)/C=C/C(=O)O. The van der Waals surface area contributed by atoms with Crippen LogP contribution >= 0.6 is 0 Å². The molecule has 0 radical (unpaired) electrons. The summed E-state index contributed by atoms with van der Waals surface area (Å²) in [4.78, 5) is 33.2. The van der Waals surface area contributed by atoms with E-state index in [-0.39, 0.29) is 6.10 Å². The molecule has 1 fully saturated rings. The summed E-state index contributed by atoms with van der Waals surface area (Å²) in [5, 5.41) is 18.4. The molecule has 0 unspecified atom stereocenters. The molecule has 1 aliphatic heterocycles. The number of nitrogens with one attached hydrogen (secondary N) is 1. The van der Waals surface area contributed by atoms with E-state index in [2.05, 4.69) is 24.2 Å². The number of carboxylic acids is 2. The quantitative estimate of drug-likeness (QED) is 0.588. The molecule has 3 N–H and O–H groups in total. The lowest BCUT2D eigenvalue weighted by Gasteiger charge is -2.28. The third-order valence-corrected chi connectivity index (χ3v) is 3.86. The van der Waals surface area contributed by atoms with Gasteiger partial charge in [0.15, 0.2) is 0 Å². The van der Waals surface area contributed by atoms with Crippen LogP contribution in [0, 0.1) is 0 Å². The smallest absolute Gasteiger partial charge is 0.411 e. The van der Waals surface area contributed by atoms with Gasteiger partial charge in [0, 0.05) is 37.0 Å². The van der Waals surface area contributed by atoms with Gasteiger partial charge in [-0.3, -0.25) is 5.32 Å². The van der Waals surface area contributed by atoms with Crippen molar-refractivity contribution in [2.45, 2.75) is 32.3 Å². The zero-order chi connectivity index (χ0) is 21.6. The number of benzene rings is 1.